The van der Waals surface area contributed by atoms with Crippen LogP contribution < -0.4 is 10.6 Å². The molecule has 0 aliphatic rings. The minimum absolute atomic E-state index is 0.0435. The van der Waals surface area contributed by atoms with Crippen LogP contribution in [0, 0.1) is 5.82 Å². The van der Waals surface area contributed by atoms with Gasteiger partial charge in [0.1, 0.15) is 17.3 Å². The molecule has 0 fully saturated rings. The van der Waals surface area contributed by atoms with Crippen molar-refractivity contribution in [2.24, 2.45) is 0 Å². The first kappa shape index (κ1) is 18.1. The summed E-state index contributed by atoms with van der Waals surface area (Å²) in [5.74, 6) is -0.708. The molecular formula is C21H17FN2O3. The second-order valence-electron chi connectivity index (χ2n) is 5.69. The summed E-state index contributed by atoms with van der Waals surface area (Å²) in [5.41, 5.74) is 1.04. The largest absolute Gasteiger partial charge is 0.467 e. The van der Waals surface area contributed by atoms with Crippen molar-refractivity contribution in [3.8, 4) is 0 Å². The van der Waals surface area contributed by atoms with Crippen LogP contribution in [0.15, 0.2) is 83.1 Å². The van der Waals surface area contributed by atoms with Crippen molar-refractivity contribution in [3.63, 3.8) is 0 Å². The van der Waals surface area contributed by atoms with Crippen molar-refractivity contribution < 1.29 is 18.4 Å². The van der Waals surface area contributed by atoms with E-state index in [9.17, 15) is 14.0 Å². The van der Waals surface area contributed by atoms with Crippen molar-refractivity contribution in [3.05, 3.63) is 101 Å². The van der Waals surface area contributed by atoms with Crippen LogP contribution in [0.1, 0.15) is 21.7 Å². The molecule has 1 aromatic heterocycles. The Hall–Kier alpha value is -3.67. The lowest BCUT2D eigenvalue weighted by molar-refractivity contribution is -0.118. The molecule has 0 saturated heterocycles. The van der Waals surface area contributed by atoms with Gasteiger partial charge in [0.25, 0.3) is 11.8 Å². The van der Waals surface area contributed by atoms with Crippen LogP contribution in [0.3, 0.4) is 0 Å². The van der Waals surface area contributed by atoms with Crippen molar-refractivity contribution >= 4 is 17.9 Å². The van der Waals surface area contributed by atoms with Gasteiger partial charge >= 0.3 is 0 Å². The van der Waals surface area contributed by atoms with Crippen molar-refractivity contribution in [2.45, 2.75) is 6.54 Å². The lowest BCUT2D eigenvalue weighted by Crippen LogP contribution is -2.34. The minimum Gasteiger partial charge on any atom is -0.467 e. The number of carbonyl (C=O) groups is 2. The summed E-state index contributed by atoms with van der Waals surface area (Å²) >= 11 is 0. The Labute approximate surface area is 155 Å². The molecule has 3 rings (SSSR count). The highest BCUT2D eigenvalue weighted by Crippen LogP contribution is 2.09. The predicted octanol–water partition coefficient (Wildman–Crippen LogP) is 3.51. The van der Waals surface area contributed by atoms with Crippen LogP contribution in [0.2, 0.25) is 0 Å². The van der Waals surface area contributed by atoms with Gasteiger partial charge in [0.15, 0.2) is 0 Å². The molecule has 0 aliphatic carbocycles. The molecule has 2 N–H and O–H groups in total. The van der Waals surface area contributed by atoms with Crippen LogP contribution in [0.5, 0.6) is 0 Å². The summed E-state index contributed by atoms with van der Waals surface area (Å²) in [6, 6.07) is 17.6. The predicted molar refractivity (Wildman–Crippen MR) is 98.8 cm³/mol. The molecule has 0 unspecified atom stereocenters. The summed E-state index contributed by atoms with van der Waals surface area (Å²) in [7, 11) is 0. The Morgan fingerprint density at radius 1 is 0.963 bits per heavy atom. The topological polar surface area (TPSA) is 71.3 Å². The van der Waals surface area contributed by atoms with Gasteiger partial charge in [-0.15, -0.1) is 0 Å². The smallest absolute Gasteiger partial charge is 0.268 e. The Balaban J connectivity index is 1.80. The first-order chi connectivity index (χ1) is 13.1. The summed E-state index contributed by atoms with van der Waals surface area (Å²) in [4.78, 5) is 25.0. The van der Waals surface area contributed by atoms with Crippen molar-refractivity contribution in [1.29, 1.82) is 0 Å². The van der Waals surface area contributed by atoms with E-state index in [1.54, 1.807) is 42.5 Å². The van der Waals surface area contributed by atoms with E-state index in [4.69, 9.17) is 4.42 Å². The molecule has 5 nitrogen and oxygen atoms in total. The third-order valence-electron chi connectivity index (χ3n) is 3.71. The Bertz CT molecular complexity index is 933. The monoisotopic (exact) mass is 364 g/mol. The highest BCUT2D eigenvalue weighted by Gasteiger charge is 2.15. The third kappa shape index (κ3) is 5.15. The molecule has 2 aromatic carbocycles. The second kappa shape index (κ2) is 8.62. The zero-order chi connectivity index (χ0) is 19.1. The molecular weight excluding hydrogens is 347 g/mol. The molecule has 6 heteroatoms. The number of furan rings is 1. The number of nitrogens with one attached hydrogen (secondary N) is 2. The van der Waals surface area contributed by atoms with Gasteiger partial charge < -0.3 is 15.1 Å². The molecule has 27 heavy (non-hydrogen) atoms. The van der Waals surface area contributed by atoms with Gasteiger partial charge in [0, 0.05) is 5.56 Å². The number of benzene rings is 2. The quantitative estimate of drug-likeness (QED) is 0.658. The van der Waals surface area contributed by atoms with Crippen molar-refractivity contribution in [2.75, 3.05) is 0 Å². The van der Waals surface area contributed by atoms with E-state index in [0.717, 1.165) is 0 Å². The van der Waals surface area contributed by atoms with E-state index in [1.807, 2.05) is 0 Å². The van der Waals surface area contributed by atoms with E-state index in [1.165, 1.54) is 36.6 Å². The van der Waals surface area contributed by atoms with Gasteiger partial charge in [-0.1, -0.05) is 30.3 Å². The van der Waals surface area contributed by atoms with Crippen LogP contribution >= 0.6 is 0 Å². The lowest BCUT2D eigenvalue weighted by atomic mass is 10.1. The second-order valence-corrected chi connectivity index (χ2v) is 5.69. The molecule has 0 bridgehead atoms. The molecule has 2 amide bonds. The Morgan fingerprint density at radius 2 is 1.70 bits per heavy atom. The fourth-order valence-electron chi connectivity index (χ4n) is 2.34. The molecule has 136 valence electrons. The maximum atomic E-state index is 13.1. The molecule has 0 radical (unpaired) electrons. The fourth-order valence-corrected chi connectivity index (χ4v) is 2.34. The Morgan fingerprint density at radius 3 is 2.37 bits per heavy atom. The molecule has 0 atom stereocenters. The first-order valence-electron chi connectivity index (χ1n) is 8.26. The number of halogens is 1. The molecule has 0 spiro atoms. The van der Waals surface area contributed by atoms with Crippen LogP contribution in [0.25, 0.3) is 6.08 Å². The summed E-state index contributed by atoms with van der Waals surface area (Å²) < 4.78 is 18.3. The van der Waals surface area contributed by atoms with Crippen LogP contribution in [-0.2, 0) is 11.3 Å². The van der Waals surface area contributed by atoms with E-state index in [-0.39, 0.29) is 18.1 Å². The fraction of sp³-hybridized carbons (Fsp3) is 0.0476. The summed E-state index contributed by atoms with van der Waals surface area (Å²) in [5, 5.41) is 5.30. The average Bonchev–Trinajstić information content (AvgIpc) is 3.21. The standard InChI is InChI=1S/C21H17FN2O3/c22-17-10-8-15(9-11-17)13-19(21(26)23-14-18-7-4-12-27-18)24-20(25)16-5-2-1-3-6-16/h1-13H,14H2,(H,23,26)(H,24,25). The van der Waals surface area contributed by atoms with E-state index >= 15 is 0 Å². The molecule has 0 saturated carbocycles. The first-order valence-corrected chi connectivity index (χ1v) is 8.26. The number of hydrogen-bond acceptors (Lipinski definition) is 3. The lowest BCUT2D eigenvalue weighted by Gasteiger charge is -2.11. The highest BCUT2D eigenvalue weighted by atomic mass is 19.1. The summed E-state index contributed by atoms with van der Waals surface area (Å²) in [6.07, 6.45) is 2.99. The third-order valence-corrected chi connectivity index (χ3v) is 3.71. The van der Waals surface area contributed by atoms with E-state index in [0.29, 0.717) is 16.9 Å². The zero-order valence-corrected chi connectivity index (χ0v) is 14.3. The van der Waals surface area contributed by atoms with Gasteiger partial charge in [-0.05, 0) is 48.0 Å². The van der Waals surface area contributed by atoms with Gasteiger partial charge in [-0.25, -0.2) is 4.39 Å². The zero-order valence-electron chi connectivity index (χ0n) is 14.3. The van der Waals surface area contributed by atoms with Crippen LogP contribution in [0.4, 0.5) is 4.39 Å². The number of amides is 2. The maximum absolute atomic E-state index is 13.1. The number of rotatable bonds is 6. The molecule has 1 heterocycles. The number of carbonyl (C=O) groups excluding carboxylic acids is 2. The van der Waals surface area contributed by atoms with Gasteiger partial charge in [0.05, 0.1) is 12.8 Å². The van der Waals surface area contributed by atoms with Crippen molar-refractivity contribution in [1.82, 2.24) is 10.6 Å². The van der Waals surface area contributed by atoms with Gasteiger partial charge in [-0.3, -0.25) is 9.59 Å². The normalized spacial score (nSPS) is 11.1. The minimum atomic E-state index is -0.486. The van der Waals surface area contributed by atoms with E-state index < -0.39 is 11.8 Å². The van der Waals surface area contributed by atoms with Crippen LogP contribution in [-0.4, -0.2) is 11.8 Å². The number of hydrogen-bond donors (Lipinski definition) is 2. The SMILES string of the molecule is O=C(NCc1ccco1)C(=Cc1ccc(F)cc1)NC(=O)c1ccccc1. The van der Waals surface area contributed by atoms with Gasteiger partial charge in [0.2, 0.25) is 0 Å². The summed E-state index contributed by atoms with van der Waals surface area (Å²) in [6.45, 7) is 0.174. The van der Waals surface area contributed by atoms with E-state index in [2.05, 4.69) is 10.6 Å². The highest BCUT2D eigenvalue weighted by molar-refractivity contribution is 6.05. The maximum Gasteiger partial charge on any atom is 0.268 e. The Kier molecular flexibility index (Phi) is 5.79. The van der Waals surface area contributed by atoms with Gasteiger partial charge in [-0.2, -0.15) is 0 Å². The molecule has 0 aliphatic heterocycles. The average molecular weight is 364 g/mol. The molecule has 3 aromatic rings.